The number of nitrogens with zero attached hydrogens (tertiary/aromatic N) is 1. The van der Waals surface area contributed by atoms with E-state index >= 15 is 0 Å². The number of H-pyrrole nitrogens is 1. The summed E-state index contributed by atoms with van der Waals surface area (Å²) in [4.78, 5) is 12.3. The number of carbonyl (C=O) groups excluding carboxylic acids is 1. The second kappa shape index (κ2) is 7.21. The summed E-state index contributed by atoms with van der Waals surface area (Å²) >= 11 is 9.61. The van der Waals surface area contributed by atoms with Crippen LogP contribution in [0.15, 0.2) is 28.7 Å². The van der Waals surface area contributed by atoms with Crippen LogP contribution in [0.1, 0.15) is 25.7 Å². The van der Waals surface area contributed by atoms with E-state index in [1.807, 2.05) is 12.1 Å². The fourth-order valence-electron chi connectivity index (χ4n) is 2.70. The Morgan fingerprint density at radius 1 is 1.35 bits per heavy atom. The first-order valence-electron chi connectivity index (χ1n) is 7.09. The third-order valence-corrected chi connectivity index (χ3v) is 4.81. The Balaban J connectivity index is 0.00000192. The average Bonchev–Trinajstić information content (AvgIpc) is 3.12. The lowest BCUT2D eigenvalue weighted by molar-refractivity contribution is -0.121. The van der Waals surface area contributed by atoms with Crippen molar-refractivity contribution in [1.29, 1.82) is 0 Å². The Morgan fingerprint density at radius 3 is 2.74 bits per heavy atom. The highest BCUT2D eigenvalue weighted by molar-refractivity contribution is 9.10. The third kappa shape index (κ3) is 3.88. The molecule has 23 heavy (non-hydrogen) atoms. The Kier molecular flexibility index (Phi) is 5.73. The maximum Gasteiger partial charge on any atom is 0.245 e. The number of hydrogen-bond donors (Lipinski definition) is 3. The number of aromatic amines is 1. The standard InChI is InChI=1S/C15H16BrClN4O.ClH/c16-9-3-4-11(17)10(7-9)12-8-13(21-20-12)19-14(22)15(18)5-1-2-6-15;/h3-4,7-8H,1-2,5-6,18H2,(H2,19,20,21,22);1H. The summed E-state index contributed by atoms with van der Waals surface area (Å²) in [6.45, 7) is 0. The zero-order valence-corrected chi connectivity index (χ0v) is 15.4. The summed E-state index contributed by atoms with van der Waals surface area (Å²) in [5.41, 5.74) is 6.91. The zero-order valence-electron chi connectivity index (χ0n) is 12.2. The molecule has 1 heterocycles. The van der Waals surface area contributed by atoms with Gasteiger partial charge in [-0.25, -0.2) is 0 Å². The van der Waals surface area contributed by atoms with Crippen LogP contribution in [0.5, 0.6) is 0 Å². The van der Waals surface area contributed by atoms with Crippen molar-refractivity contribution in [1.82, 2.24) is 10.2 Å². The predicted molar refractivity (Wildman–Crippen MR) is 98.0 cm³/mol. The van der Waals surface area contributed by atoms with Crippen molar-refractivity contribution >= 4 is 51.7 Å². The van der Waals surface area contributed by atoms with Crippen LogP contribution >= 0.6 is 39.9 Å². The maximum atomic E-state index is 12.3. The average molecular weight is 420 g/mol. The molecule has 3 rings (SSSR count). The Bertz CT molecular complexity index is 713. The highest BCUT2D eigenvalue weighted by atomic mass is 79.9. The molecule has 1 fully saturated rings. The topological polar surface area (TPSA) is 83.8 Å². The lowest BCUT2D eigenvalue weighted by Gasteiger charge is -2.21. The molecule has 8 heteroatoms. The van der Waals surface area contributed by atoms with Crippen molar-refractivity contribution in [2.24, 2.45) is 5.73 Å². The summed E-state index contributed by atoms with van der Waals surface area (Å²) in [6, 6.07) is 7.31. The van der Waals surface area contributed by atoms with Gasteiger partial charge in [-0.3, -0.25) is 9.89 Å². The number of hydrogen-bond acceptors (Lipinski definition) is 3. The van der Waals surface area contributed by atoms with Gasteiger partial charge in [-0.1, -0.05) is 40.4 Å². The summed E-state index contributed by atoms with van der Waals surface area (Å²) in [6.07, 6.45) is 3.41. The predicted octanol–water partition coefficient (Wildman–Crippen LogP) is 4.12. The maximum absolute atomic E-state index is 12.3. The number of nitrogens with two attached hydrogens (primary N) is 1. The van der Waals surface area contributed by atoms with Crippen molar-refractivity contribution in [2.75, 3.05) is 5.32 Å². The minimum absolute atomic E-state index is 0. The number of aromatic nitrogens is 2. The molecule has 0 spiro atoms. The van der Waals surface area contributed by atoms with Crippen LogP contribution < -0.4 is 11.1 Å². The van der Waals surface area contributed by atoms with Gasteiger partial charge in [0.15, 0.2) is 5.82 Å². The van der Waals surface area contributed by atoms with Gasteiger partial charge in [-0.2, -0.15) is 5.10 Å². The van der Waals surface area contributed by atoms with Gasteiger partial charge < -0.3 is 11.1 Å². The van der Waals surface area contributed by atoms with Gasteiger partial charge in [-0.15, -0.1) is 12.4 Å². The number of rotatable bonds is 3. The lowest BCUT2D eigenvalue weighted by atomic mass is 9.98. The first kappa shape index (κ1) is 18.3. The molecule has 1 aliphatic rings. The van der Waals surface area contributed by atoms with E-state index in [0.29, 0.717) is 23.7 Å². The molecule has 0 saturated heterocycles. The highest BCUT2D eigenvalue weighted by Crippen LogP contribution is 2.31. The first-order valence-corrected chi connectivity index (χ1v) is 8.26. The molecular weight excluding hydrogens is 403 g/mol. The molecule has 0 atom stereocenters. The van der Waals surface area contributed by atoms with Crippen molar-refractivity contribution in [3.63, 3.8) is 0 Å². The van der Waals surface area contributed by atoms with E-state index in [0.717, 1.165) is 28.6 Å². The molecule has 1 saturated carbocycles. The fraction of sp³-hybridized carbons (Fsp3) is 0.333. The van der Waals surface area contributed by atoms with Crippen molar-refractivity contribution < 1.29 is 4.79 Å². The highest BCUT2D eigenvalue weighted by Gasteiger charge is 2.37. The monoisotopic (exact) mass is 418 g/mol. The molecule has 0 aliphatic heterocycles. The van der Waals surface area contributed by atoms with Gasteiger partial charge in [0.25, 0.3) is 0 Å². The Hall–Kier alpha value is -1.08. The molecule has 0 radical (unpaired) electrons. The van der Waals surface area contributed by atoms with E-state index in [-0.39, 0.29) is 18.3 Å². The number of anilines is 1. The van der Waals surface area contributed by atoms with Crippen LogP contribution in [0, 0.1) is 0 Å². The molecule has 1 aromatic heterocycles. The largest absolute Gasteiger partial charge is 0.317 e. The molecule has 0 unspecified atom stereocenters. The summed E-state index contributed by atoms with van der Waals surface area (Å²) < 4.78 is 0.916. The van der Waals surface area contributed by atoms with Gasteiger partial charge in [0, 0.05) is 16.1 Å². The number of carbonyl (C=O) groups is 1. The van der Waals surface area contributed by atoms with E-state index in [1.54, 1.807) is 12.1 Å². The second-order valence-corrected chi connectivity index (χ2v) is 6.93. The number of amides is 1. The van der Waals surface area contributed by atoms with Crippen LogP contribution in [0.3, 0.4) is 0 Å². The molecular formula is C15H17BrCl2N4O. The smallest absolute Gasteiger partial charge is 0.245 e. The number of halogens is 3. The molecule has 124 valence electrons. The normalized spacial score (nSPS) is 16.0. The van der Waals surface area contributed by atoms with Crippen LogP contribution in [0.2, 0.25) is 5.02 Å². The van der Waals surface area contributed by atoms with Crippen molar-refractivity contribution in [3.8, 4) is 11.3 Å². The fourth-order valence-corrected chi connectivity index (χ4v) is 3.28. The third-order valence-electron chi connectivity index (χ3n) is 3.99. The van der Waals surface area contributed by atoms with Gasteiger partial charge in [0.05, 0.1) is 16.3 Å². The molecule has 1 aromatic carbocycles. The first-order chi connectivity index (χ1) is 10.5. The number of benzene rings is 1. The van der Waals surface area contributed by atoms with Crippen molar-refractivity contribution in [2.45, 2.75) is 31.2 Å². The molecule has 4 N–H and O–H groups in total. The van der Waals surface area contributed by atoms with Crippen LogP contribution in [0.25, 0.3) is 11.3 Å². The molecule has 1 aliphatic carbocycles. The second-order valence-electron chi connectivity index (χ2n) is 5.61. The van der Waals surface area contributed by atoms with E-state index in [1.165, 1.54) is 0 Å². The van der Waals surface area contributed by atoms with Gasteiger partial charge in [0.2, 0.25) is 5.91 Å². The van der Waals surface area contributed by atoms with Crippen LogP contribution in [-0.4, -0.2) is 21.6 Å². The molecule has 0 bridgehead atoms. The summed E-state index contributed by atoms with van der Waals surface area (Å²) in [7, 11) is 0. The Labute approximate surface area is 153 Å². The van der Waals surface area contributed by atoms with Crippen molar-refractivity contribution in [3.05, 3.63) is 33.8 Å². The van der Waals surface area contributed by atoms with Crippen LogP contribution in [0.4, 0.5) is 5.82 Å². The minimum atomic E-state index is -0.771. The van der Waals surface area contributed by atoms with E-state index in [2.05, 4.69) is 31.4 Å². The zero-order chi connectivity index (χ0) is 15.7. The van der Waals surface area contributed by atoms with Gasteiger partial charge >= 0.3 is 0 Å². The summed E-state index contributed by atoms with van der Waals surface area (Å²) in [5.74, 6) is 0.274. The Morgan fingerprint density at radius 2 is 2.04 bits per heavy atom. The van der Waals surface area contributed by atoms with E-state index < -0.39 is 5.54 Å². The van der Waals surface area contributed by atoms with Crippen LogP contribution in [-0.2, 0) is 4.79 Å². The van der Waals surface area contributed by atoms with E-state index in [9.17, 15) is 4.79 Å². The SMILES string of the molecule is Cl.NC1(C(=O)Nc2cc(-c3cc(Br)ccc3Cl)[nH]n2)CCCC1. The molecule has 2 aromatic rings. The van der Waals surface area contributed by atoms with Gasteiger partial charge in [0.1, 0.15) is 0 Å². The molecule has 1 amide bonds. The van der Waals surface area contributed by atoms with Gasteiger partial charge in [-0.05, 0) is 31.0 Å². The minimum Gasteiger partial charge on any atom is -0.317 e. The molecule has 5 nitrogen and oxygen atoms in total. The summed E-state index contributed by atoms with van der Waals surface area (Å²) in [5, 5.41) is 10.4. The lowest BCUT2D eigenvalue weighted by Crippen LogP contribution is -2.48. The number of nitrogens with one attached hydrogen (secondary N) is 2. The quantitative estimate of drug-likeness (QED) is 0.699. The van der Waals surface area contributed by atoms with E-state index in [4.69, 9.17) is 17.3 Å².